The van der Waals surface area contributed by atoms with Gasteiger partial charge < -0.3 is 9.88 Å². The van der Waals surface area contributed by atoms with Crippen LogP contribution in [0.25, 0.3) is 17.7 Å². The first-order valence-electron chi connectivity index (χ1n) is 6.44. The van der Waals surface area contributed by atoms with Crippen molar-refractivity contribution in [2.45, 2.75) is 25.3 Å². The maximum Gasteiger partial charge on any atom is 0.150 e. The molecule has 3 nitrogen and oxygen atoms in total. The molecule has 1 unspecified atom stereocenters. The zero-order valence-corrected chi connectivity index (χ0v) is 10.9. The predicted molar refractivity (Wildman–Crippen MR) is 73.4 cm³/mol. The van der Waals surface area contributed by atoms with E-state index in [0.717, 1.165) is 42.0 Å². The molecular weight excluding hydrogens is 224 g/mol. The van der Waals surface area contributed by atoms with Crippen LogP contribution in [-0.2, 0) is 11.2 Å². The van der Waals surface area contributed by atoms with Gasteiger partial charge in [0.15, 0.2) is 0 Å². The molecule has 1 heterocycles. The summed E-state index contributed by atoms with van der Waals surface area (Å²) < 4.78 is 0. The first-order chi connectivity index (χ1) is 8.70. The zero-order chi connectivity index (χ0) is 12.7. The third-order valence-corrected chi connectivity index (χ3v) is 4.01. The molecular formula is C15H18N2O. The first-order valence-corrected chi connectivity index (χ1v) is 6.44. The van der Waals surface area contributed by atoms with Gasteiger partial charge in [-0.05, 0) is 38.9 Å². The zero-order valence-electron chi connectivity index (χ0n) is 10.9. The number of nitrogens with zero attached hydrogens (tertiary/aromatic N) is 1. The molecule has 18 heavy (non-hydrogen) atoms. The Bertz CT molecular complexity index is 634. The minimum Gasteiger partial charge on any atom is -0.355 e. The lowest BCUT2D eigenvalue weighted by molar-refractivity contribution is -0.103. The van der Waals surface area contributed by atoms with E-state index in [1.165, 1.54) is 10.9 Å². The molecule has 0 aliphatic heterocycles. The minimum atomic E-state index is 0.534. The van der Waals surface area contributed by atoms with Crippen LogP contribution in [0.5, 0.6) is 0 Å². The number of aldehydes is 1. The van der Waals surface area contributed by atoms with Crippen LogP contribution in [0.1, 0.15) is 24.0 Å². The van der Waals surface area contributed by atoms with Crippen LogP contribution in [-0.4, -0.2) is 36.3 Å². The lowest BCUT2D eigenvalue weighted by Gasteiger charge is -2.25. The van der Waals surface area contributed by atoms with Crippen LogP contribution in [0.3, 0.4) is 0 Å². The molecule has 3 rings (SSSR count). The molecule has 1 atom stereocenters. The number of rotatable bonds is 2. The normalized spacial score (nSPS) is 21.5. The Balaban J connectivity index is 2.16. The molecule has 94 valence electrons. The van der Waals surface area contributed by atoms with E-state index in [1.807, 2.05) is 6.08 Å². The predicted octanol–water partition coefficient (Wildman–Crippen LogP) is 0.438. The molecule has 2 aliphatic carbocycles. The number of fused-ring (bicyclic) bond motifs is 3. The molecule has 3 heteroatoms. The number of hydrogen-bond donors (Lipinski definition) is 1. The highest BCUT2D eigenvalue weighted by molar-refractivity contribution is 6.08. The second kappa shape index (κ2) is 4.25. The van der Waals surface area contributed by atoms with Crippen molar-refractivity contribution in [3.63, 3.8) is 0 Å². The van der Waals surface area contributed by atoms with E-state index >= 15 is 0 Å². The standard InChI is InChI=1S/C15H18N2O/c1-17(2)11-6-7-13-12(8-11)15-10(9-18)4-3-5-14(15)16-13/h4-5,7,9,11,16H,3,6,8H2,1-2H3. The average Bonchev–Trinajstić information content (AvgIpc) is 2.75. The summed E-state index contributed by atoms with van der Waals surface area (Å²) in [5.41, 5.74) is 3.29. The third-order valence-electron chi connectivity index (χ3n) is 4.01. The molecule has 1 N–H and O–H groups in total. The summed E-state index contributed by atoms with van der Waals surface area (Å²) in [6.45, 7) is 0. The summed E-state index contributed by atoms with van der Waals surface area (Å²) in [5.74, 6) is 0. The number of H-pyrrole nitrogens is 1. The first kappa shape index (κ1) is 11.5. The van der Waals surface area contributed by atoms with Crippen molar-refractivity contribution in [3.05, 3.63) is 27.9 Å². The molecule has 0 radical (unpaired) electrons. The summed E-state index contributed by atoms with van der Waals surface area (Å²) >= 11 is 0. The Kier molecular flexibility index (Phi) is 2.71. The summed E-state index contributed by atoms with van der Waals surface area (Å²) in [4.78, 5) is 16.9. The quantitative estimate of drug-likeness (QED) is 0.764. The van der Waals surface area contributed by atoms with Gasteiger partial charge >= 0.3 is 0 Å². The van der Waals surface area contributed by atoms with Crippen LogP contribution in [0.15, 0.2) is 6.08 Å². The highest BCUT2D eigenvalue weighted by Crippen LogP contribution is 2.21. The number of likely N-dealkylation sites (N-methyl/N-ethyl adjacent to an activating group) is 1. The van der Waals surface area contributed by atoms with Crippen molar-refractivity contribution in [1.82, 2.24) is 9.88 Å². The average molecular weight is 242 g/mol. The van der Waals surface area contributed by atoms with Gasteiger partial charge in [-0.2, -0.15) is 0 Å². The second-order valence-corrected chi connectivity index (χ2v) is 5.28. The van der Waals surface area contributed by atoms with Crippen LogP contribution in [0.2, 0.25) is 0 Å². The Morgan fingerprint density at radius 1 is 1.28 bits per heavy atom. The fourth-order valence-corrected chi connectivity index (χ4v) is 2.93. The van der Waals surface area contributed by atoms with Crippen molar-refractivity contribution in [3.8, 4) is 0 Å². The fourth-order valence-electron chi connectivity index (χ4n) is 2.93. The van der Waals surface area contributed by atoms with Gasteiger partial charge in [0.05, 0.1) is 0 Å². The van der Waals surface area contributed by atoms with Gasteiger partial charge in [-0.1, -0.05) is 18.2 Å². The van der Waals surface area contributed by atoms with Crippen molar-refractivity contribution in [2.75, 3.05) is 14.1 Å². The monoisotopic (exact) mass is 242 g/mol. The molecule has 1 aromatic rings. The van der Waals surface area contributed by atoms with Gasteiger partial charge in [0, 0.05) is 27.9 Å². The Morgan fingerprint density at radius 2 is 2.11 bits per heavy atom. The third kappa shape index (κ3) is 1.66. The number of allylic oxidation sites excluding steroid dienone is 2. The van der Waals surface area contributed by atoms with Crippen molar-refractivity contribution >= 4 is 24.0 Å². The fraction of sp³-hybridized carbons (Fsp3) is 0.400. The lowest BCUT2D eigenvalue weighted by atomic mass is 9.91. The van der Waals surface area contributed by atoms with Crippen molar-refractivity contribution in [1.29, 1.82) is 0 Å². The van der Waals surface area contributed by atoms with Gasteiger partial charge in [-0.3, -0.25) is 4.79 Å². The summed E-state index contributed by atoms with van der Waals surface area (Å²) in [7, 11) is 4.23. The lowest BCUT2D eigenvalue weighted by Crippen LogP contribution is -2.34. The minimum absolute atomic E-state index is 0.534. The van der Waals surface area contributed by atoms with E-state index in [2.05, 4.69) is 36.1 Å². The number of nitrogens with one attached hydrogen (secondary N) is 1. The number of carbonyl (C=O) groups is 1. The highest BCUT2D eigenvalue weighted by Gasteiger charge is 2.22. The smallest absolute Gasteiger partial charge is 0.150 e. The number of aromatic nitrogens is 1. The molecule has 0 bridgehead atoms. The van der Waals surface area contributed by atoms with E-state index in [4.69, 9.17) is 0 Å². The van der Waals surface area contributed by atoms with E-state index in [-0.39, 0.29) is 0 Å². The SMILES string of the molecule is CN(C)C1CC=c2[nH]c3c(c2C1)C(C=O)=CCC=3. The largest absolute Gasteiger partial charge is 0.355 e. The second-order valence-electron chi connectivity index (χ2n) is 5.28. The van der Waals surface area contributed by atoms with E-state index < -0.39 is 0 Å². The van der Waals surface area contributed by atoms with Crippen LogP contribution >= 0.6 is 0 Å². The highest BCUT2D eigenvalue weighted by atomic mass is 16.1. The van der Waals surface area contributed by atoms with Crippen LogP contribution in [0, 0.1) is 0 Å². The molecule has 0 fully saturated rings. The van der Waals surface area contributed by atoms with Gasteiger partial charge in [-0.25, -0.2) is 0 Å². The Morgan fingerprint density at radius 3 is 2.83 bits per heavy atom. The molecule has 2 aliphatic rings. The van der Waals surface area contributed by atoms with E-state index in [1.54, 1.807) is 0 Å². The van der Waals surface area contributed by atoms with Crippen LogP contribution < -0.4 is 10.7 Å². The van der Waals surface area contributed by atoms with Crippen LogP contribution in [0.4, 0.5) is 0 Å². The summed E-state index contributed by atoms with van der Waals surface area (Å²) in [6.07, 6.45) is 10.4. The number of aromatic amines is 1. The van der Waals surface area contributed by atoms with Gasteiger partial charge in [-0.15, -0.1) is 0 Å². The van der Waals surface area contributed by atoms with Crippen molar-refractivity contribution in [2.24, 2.45) is 0 Å². The maximum atomic E-state index is 11.2. The van der Waals surface area contributed by atoms with Gasteiger partial charge in [0.2, 0.25) is 0 Å². The van der Waals surface area contributed by atoms with Gasteiger partial charge in [0.25, 0.3) is 0 Å². The molecule has 0 amide bonds. The molecule has 0 spiro atoms. The molecule has 1 aromatic heterocycles. The summed E-state index contributed by atoms with van der Waals surface area (Å²) in [6, 6.07) is 0.534. The van der Waals surface area contributed by atoms with E-state index in [0.29, 0.717) is 6.04 Å². The summed E-state index contributed by atoms with van der Waals surface area (Å²) in [5, 5.41) is 2.34. The molecule has 0 saturated heterocycles. The maximum absolute atomic E-state index is 11.2. The van der Waals surface area contributed by atoms with Crippen molar-refractivity contribution < 1.29 is 4.79 Å². The Hall–Kier alpha value is -1.61. The number of carbonyl (C=O) groups excluding carboxylic acids is 1. The number of hydrogen-bond acceptors (Lipinski definition) is 2. The molecule has 0 saturated carbocycles. The molecule has 0 aromatic carbocycles. The topological polar surface area (TPSA) is 36.1 Å². The van der Waals surface area contributed by atoms with Gasteiger partial charge in [0.1, 0.15) is 6.29 Å². The Labute approximate surface area is 106 Å². The van der Waals surface area contributed by atoms with E-state index in [9.17, 15) is 4.79 Å².